The summed E-state index contributed by atoms with van der Waals surface area (Å²) in [6.07, 6.45) is 2.29. The van der Waals surface area contributed by atoms with E-state index in [-0.39, 0.29) is 5.41 Å². The predicted molar refractivity (Wildman–Crippen MR) is 71.9 cm³/mol. The molecule has 0 bridgehead atoms. The van der Waals surface area contributed by atoms with E-state index >= 15 is 0 Å². The first-order chi connectivity index (χ1) is 6.95. The van der Waals surface area contributed by atoms with E-state index in [1.54, 1.807) is 0 Å². The van der Waals surface area contributed by atoms with Crippen molar-refractivity contribution in [3.63, 3.8) is 0 Å². The minimum atomic E-state index is 0.258. The standard InChI is InChI=1S/C14H21Br/c1-5-12-7-6-8-13(9-12)14(3,4)10-11(2)15/h6-9,11H,5,10H2,1-4H3. The third-order valence-electron chi connectivity index (χ3n) is 2.91. The van der Waals surface area contributed by atoms with E-state index in [4.69, 9.17) is 0 Å². The highest BCUT2D eigenvalue weighted by Gasteiger charge is 2.22. The monoisotopic (exact) mass is 268 g/mol. The van der Waals surface area contributed by atoms with Gasteiger partial charge in [0.2, 0.25) is 0 Å². The molecule has 0 radical (unpaired) electrons. The lowest BCUT2D eigenvalue weighted by molar-refractivity contribution is 0.482. The van der Waals surface area contributed by atoms with E-state index < -0.39 is 0 Å². The second-order valence-corrected chi connectivity index (χ2v) is 6.49. The Morgan fingerprint density at radius 3 is 2.53 bits per heavy atom. The Bertz CT molecular complexity index is 313. The highest BCUT2D eigenvalue weighted by molar-refractivity contribution is 9.09. The van der Waals surface area contributed by atoms with Gasteiger partial charge in [-0.05, 0) is 29.4 Å². The molecule has 0 spiro atoms. The second kappa shape index (κ2) is 5.16. The molecule has 1 unspecified atom stereocenters. The summed E-state index contributed by atoms with van der Waals surface area (Å²) in [5.41, 5.74) is 3.14. The molecule has 0 aliphatic rings. The van der Waals surface area contributed by atoms with Crippen LogP contribution in [0.5, 0.6) is 0 Å². The maximum Gasteiger partial charge on any atom is 0.0125 e. The molecule has 0 N–H and O–H groups in total. The number of aryl methyl sites for hydroxylation is 1. The van der Waals surface area contributed by atoms with E-state index in [1.807, 2.05) is 0 Å². The van der Waals surface area contributed by atoms with Crippen LogP contribution in [-0.2, 0) is 11.8 Å². The molecule has 1 aromatic rings. The van der Waals surface area contributed by atoms with E-state index in [0.717, 1.165) is 6.42 Å². The van der Waals surface area contributed by atoms with Gasteiger partial charge >= 0.3 is 0 Å². The van der Waals surface area contributed by atoms with Crippen molar-refractivity contribution in [3.05, 3.63) is 35.4 Å². The average molecular weight is 269 g/mol. The molecule has 0 heterocycles. The summed E-state index contributed by atoms with van der Waals surface area (Å²) >= 11 is 3.64. The molecule has 0 nitrogen and oxygen atoms in total. The zero-order valence-corrected chi connectivity index (χ0v) is 11.8. The molecule has 0 fully saturated rings. The van der Waals surface area contributed by atoms with Crippen LogP contribution in [-0.4, -0.2) is 4.83 Å². The van der Waals surface area contributed by atoms with Crippen molar-refractivity contribution in [2.24, 2.45) is 0 Å². The first kappa shape index (κ1) is 12.8. The molecule has 1 aromatic carbocycles. The van der Waals surface area contributed by atoms with Crippen LogP contribution in [0.15, 0.2) is 24.3 Å². The minimum Gasteiger partial charge on any atom is -0.0893 e. The van der Waals surface area contributed by atoms with E-state index in [1.165, 1.54) is 17.5 Å². The molecule has 0 saturated heterocycles. The number of rotatable bonds is 4. The van der Waals surface area contributed by atoms with Gasteiger partial charge in [0.05, 0.1) is 0 Å². The fourth-order valence-electron chi connectivity index (χ4n) is 2.03. The van der Waals surface area contributed by atoms with Gasteiger partial charge in [-0.25, -0.2) is 0 Å². The van der Waals surface area contributed by atoms with Crippen molar-refractivity contribution in [1.82, 2.24) is 0 Å². The Morgan fingerprint density at radius 2 is 2.00 bits per heavy atom. The lowest BCUT2D eigenvalue weighted by Gasteiger charge is -2.27. The van der Waals surface area contributed by atoms with E-state index in [2.05, 4.69) is 67.9 Å². The molecule has 15 heavy (non-hydrogen) atoms. The highest BCUT2D eigenvalue weighted by atomic mass is 79.9. The number of halogens is 1. The average Bonchev–Trinajstić information content (AvgIpc) is 2.16. The van der Waals surface area contributed by atoms with Crippen LogP contribution in [0.2, 0.25) is 0 Å². The number of hydrogen-bond donors (Lipinski definition) is 0. The molecule has 1 atom stereocenters. The molecule has 0 saturated carbocycles. The van der Waals surface area contributed by atoms with Crippen LogP contribution in [0.3, 0.4) is 0 Å². The van der Waals surface area contributed by atoms with Gasteiger partial charge in [0.25, 0.3) is 0 Å². The van der Waals surface area contributed by atoms with E-state index in [0.29, 0.717) is 4.83 Å². The fraction of sp³-hybridized carbons (Fsp3) is 0.571. The molecule has 0 amide bonds. The second-order valence-electron chi connectivity index (χ2n) is 4.92. The van der Waals surface area contributed by atoms with Crippen molar-refractivity contribution in [1.29, 1.82) is 0 Å². The van der Waals surface area contributed by atoms with Crippen LogP contribution >= 0.6 is 15.9 Å². The smallest absolute Gasteiger partial charge is 0.0125 e. The number of hydrogen-bond acceptors (Lipinski definition) is 0. The molecule has 0 aliphatic carbocycles. The summed E-state index contributed by atoms with van der Waals surface area (Å²) in [7, 11) is 0. The van der Waals surface area contributed by atoms with Crippen molar-refractivity contribution in [2.75, 3.05) is 0 Å². The molecule has 84 valence electrons. The van der Waals surface area contributed by atoms with Gasteiger partial charge in [-0.1, -0.05) is 67.9 Å². The Balaban J connectivity index is 2.93. The first-order valence-corrected chi connectivity index (χ1v) is 6.61. The molecular formula is C14H21Br. The van der Waals surface area contributed by atoms with Gasteiger partial charge in [-0.2, -0.15) is 0 Å². The SMILES string of the molecule is CCc1cccc(C(C)(C)CC(C)Br)c1. The van der Waals surface area contributed by atoms with Crippen LogP contribution in [0.1, 0.15) is 45.2 Å². The summed E-state index contributed by atoms with van der Waals surface area (Å²) in [6, 6.07) is 8.97. The number of alkyl halides is 1. The quantitative estimate of drug-likeness (QED) is 0.695. The zero-order chi connectivity index (χ0) is 11.5. The maximum atomic E-state index is 3.64. The topological polar surface area (TPSA) is 0 Å². The predicted octanol–water partition coefficient (Wildman–Crippen LogP) is 4.70. The van der Waals surface area contributed by atoms with Gasteiger partial charge in [0, 0.05) is 4.83 Å². The lowest BCUT2D eigenvalue weighted by Crippen LogP contribution is -2.20. The minimum absolute atomic E-state index is 0.258. The van der Waals surface area contributed by atoms with Crippen LogP contribution in [0.4, 0.5) is 0 Å². The third-order valence-corrected chi connectivity index (χ3v) is 3.23. The number of benzene rings is 1. The first-order valence-electron chi connectivity index (χ1n) is 5.69. The Morgan fingerprint density at radius 1 is 1.33 bits per heavy atom. The largest absolute Gasteiger partial charge is 0.0893 e. The molecular weight excluding hydrogens is 248 g/mol. The molecule has 1 heteroatoms. The van der Waals surface area contributed by atoms with Crippen molar-refractivity contribution >= 4 is 15.9 Å². The Labute approximate surface area is 102 Å². The summed E-state index contributed by atoms with van der Waals surface area (Å²) in [4.78, 5) is 0.567. The maximum absolute atomic E-state index is 3.64. The fourth-order valence-corrected chi connectivity index (χ4v) is 2.84. The molecule has 0 aliphatic heterocycles. The molecule has 0 aromatic heterocycles. The van der Waals surface area contributed by atoms with E-state index in [9.17, 15) is 0 Å². The van der Waals surface area contributed by atoms with Crippen molar-refractivity contribution in [3.8, 4) is 0 Å². The third kappa shape index (κ3) is 3.64. The zero-order valence-electron chi connectivity index (χ0n) is 10.2. The summed E-state index contributed by atoms with van der Waals surface area (Å²) in [6.45, 7) is 9.06. The van der Waals surface area contributed by atoms with Crippen LogP contribution < -0.4 is 0 Å². The van der Waals surface area contributed by atoms with Crippen LogP contribution in [0.25, 0.3) is 0 Å². The van der Waals surface area contributed by atoms with Crippen LogP contribution in [0, 0.1) is 0 Å². The molecule has 1 rings (SSSR count). The summed E-state index contributed by atoms with van der Waals surface area (Å²) < 4.78 is 0. The van der Waals surface area contributed by atoms with Gasteiger partial charge in [0.15, 0.2) is 0 Å². The Kier molecular flexibility index (Phi) is 4.39. The lowest BCUT2D eigenvalue weighted by atomic mass is 9.80. The summed E-state index contributed by atoms with van der Waals surface area (Å²) in [5.74, 6) is 0. The van der Waals surface area contributed by atoms with Gasteiger partial charge < -0.3 is 0 Å². The normalized spacial score (nSPS) is 13.9. The van der Waals surface area contributed by atoms with Crippen molar-refractivity contribution in [2.45, 2.75) is 50.8 Å². The van der Waals surface area contributed by atoms with Gasteiger partial charge in [-0.3, -0.25) is 0 Å². The van der Waals surface area contributed by atoms with Gasteiger partial charge in [0.1, 0.15) is 0 Å². The van der Waals surface area contributed by atoms with Crippen molar-refractivity contribution < 1.29 is 0 Å². The van der Waals surface area contributed by atoms with Gasteiger partial charge in [-0.15, -0.1) is 0 Å². The Hall–Kier alpha value is -0.300. The highest BCUT2D eigenvalue weighted by Crippen LogP contribution is 2.30. The summed E-state index contributed by atoms with van der Waals surface area (Å²) in [5, 5.41) is 0.